The number of ketones is 1. The molecule has 1 nitrogen and oxygen atoms in total. The van der Waals surface area contributed by atoms with E-state index in [-0.39, 0.29) is 0 Å². The summed E-state index contributed by atoms with van der Waals surface area (Å²) in [5.41, 5.74) is 2.49. The smallest absolute Gasteiger partial charge is 0.155 e. The van der Waals surface area contributed by atoms with E-state index >= 15 is 0 Å². The van der Waals surface area contributed by atoms with Crippen LogP contribution in [0.3, 0.4) is 0 Å². The van der Waals surface area contributed by atoms with Gasteiger partial charge in [-0.05, 0) is 73.2 Å². The molecule has 108 valence electrons. The summed E-state index contributed by atoms with van der Waals surface area (Å²) in [6.07, 6.45) is 15.4. The molecule has 0 saturated heterocycles. The molecule has 0 unspecified atom stereocenters. The molecule has 4 aliphatic rings. The van der Waals surface area contributed by atoms with Gasteiger partial charge in [0.05, 0.1) is 0 Å². The average molecular weight is 270 g/mol. The highest BCUT2D eigenvalue weighted by atomic mass is 16.1. The lowest BCUT2D eigenvalue weighted by atomic mass is 9.45. The van der Waals surface area contributed by atoms with Gasteiger partial charge in [-0.25, -0.2) is 0 Å². The van der Waals surface area contributed by atoms with Crippen molar-refractivity contribution < 1.29 is 4.79 Å². The third-order valence-electron chi connectivity index (χ3n) is 7.21. The maximum Gasteiger partial charge on any atom is 0.155 e. The van der Waals surface area contributed by atoms with E-state index in [0.29, 0.717) is 22.5 Å². The molecule has 0 aromatic rings. The monoisotopic (exact) mass is 270 g/mol. The molecule has 4 aliphatic carbocycles. The molecule has 0 bridgehead atoms. The molecule has 2 saturated carbocycles. The summed E-state index contributed by atoms with van der Waals surface area (Å²) in [7, 11) is 0. The lowest BCUT2D eigenvalue weighted by molar-refractivity contribution is -0.116. The quantitative estimate of drug-likeness (QED) is 0.584. The normalized spacial score (nSPS) is 50.2. The summed E-state index contributed by atoms with van der Waals surface area (Å²) >= 11 is 0. The summed E-state index contributed by atoms with van der Waals surface area (Å²) in [5.74, 6) is 2.68. The van der Waals surface area contributed by atoms with Gasteiger partial charge in [0.1, 0.15) is 0 Å². The van der Waals surface area contributed by atoms with Gasteiger partial charge in [0, 0.05) is 6.42 Å². The van der Waals surface area contributed by atoms with Crippen LogP contribution in [0.5, 0.6) is 0 Å². The van der Waals surface area contributed by atoms with Gasteiger partial charge in [-0.2, -0.15) is 0 Å². The Morgan fingerprint density at radius 2 is 2.00 bits per heavy atom. The van der Waals surface area contributed by atoms with Gasteiger partial charge in [0.2, 0.25) is 0 Å². The Kier molecular flexibility index (Phi) is 2.63. The molecule has 0 spiro atoms. The molecule has 4 rings (SSSR count). The summed E-state index contributed by atoms with van der Waals surface area (Å²) in [6.45, 7) is 5.07. The zero-order valence-corrected chi connectivity index (χ0v) is 12.8. The standard InChI is InChI=1S/C19H26O/c1-18-9-3-4-17(18)19(2)11-7-13-12-14(20)5-6-15(13)16(19)8-10-18/h3-4,12,15-17H,5-11H2,1-2H3/t15-,16+,17+,18-,19+/m0/s1. The Bertz CT molecular complexity index is 514. The van der Waals surface area contributed by atoms with Crippen LogP contribution in [0.2, 0.25) is 0 Å². The van der Waals surface area contributed by atoms with E-state index in [1.807, 2.05) is 6.08 Å². The first-order chi connectivity index (χ1) is 9.53. The third kappa shape index (κ3) is 1.58. The van der Waals surface area contributed by atoms with Crippen LogP contribution in [0.15, 0.2) is 23.8 Å². The first-order valence-electron chi connectivity index (χ1n) is 8.43. The minimum absolute atomic E-state index is 0.376. The predicted octanol–water partition coefficient (Wildman–Crippen LogP) is 4.68. The molecule has 20 heavy (non-hydrogen) atoms. The van der Waals surface area contributed by atoms with Crippen molar-refractivity contribution in [3.05, 3.63) is 23.8 Å². The van der Waals surface area contributed by atoms with Crippen LogP contribution in [0, 0.1) is 28.6 Å². The first-order valence-corrected chi connectivity index (χ1v) is 8.43. The second-order valence-electron chi connectivity index (χ2n) is 8.25. The van der Waals surface area contributed by atoms with Crippen molar-refractivity contribution in [1.29, 1.82) is 0 Å². The number of allylic oxidation sites excluding steroid dienone is 4. The Labute approximate surface area is 122 Å². The maximum atomic E-state index is 11.7. The van der Waals surface area contributed by atoms with Crippen LogP contribution in [0.4, 0.5) is 0 Å². The lowest BCUT2D eigenvalue weighted by Gasteiger charge is -2.59. The number of rotatable bonds is 0. The van der Waals surface area contributed by atoms with Crippen molar-refractivity contribution in [2.75, 3.05) is 0 Å². The van der Waals surface area contributed by atoms with Crippen molar-refractivity contribution in [1.82, 2.24) is 0 Å². The molecular formula is C19H26O. The zero-order chi connectivity index (χ0) is 14.0. The number of fused-ring (bicyclic) bond motifs is 5. The van der Waals surface area contributed by atoms with E-state index in [0.717, 1.165) is 24.7 Å². The van der Waals surface area contributed by atoms with Crippen molar-refractivity contribution in [3.63, 3.8) is 0 Å². The van der Waals surface area contributed by atoms with E-state index in [1.165, 1.54) is 37.7 Å². The van der Waals surface area contributed by atoms with E-state index in [4.69, 9.17) is 0 Å². The van der Waals surface area contributed by atoms with Gasteiger partial charge in [0.15, 0.2) is 5.78 Å². The van der Waals surface area contributed by atoms with Crippen LogP contribution in [-0.4, -0.2) is 5.78 Å². The molecule has 0 aromatic carbocycles. The second-order valence-corrected chi connectivity index (χ2v) is 8.25. The number of hydrogen-bond acceptors (Lipinski definition) is 1. The molecular weight excluding hydrogens is 244 g/mol. The Hall–Kier alpha value is -0.850. The topological polar surface area (TPSA) is 17.1 Å². The third-order valence-corrected chi connectivity index (χ3v) is 7.21. The highest BCUT2D eigenvalue weighted by Crippen LogP contribution is 2.65. The molecule has 0 radical (unpaired) electrons. The molecule has 0 amide bonds. The Morgan fingerprint density at radius 1 is 1.15 bits per heavy atom. The molecule has 5 atom stereocenters. The van der Waals surface area contributed by atoms with E-state index in [2.05, 4.69) is 26.0 Å². The molecule has 0 aliphatic heterocycles. The summed E-state index contributed by atoms with van der Waals surface area (Å²) in [4.78, 5) is 11.7. The number of carbonyl (C=O) groups is 1. The first kappa shape index (κ1) is 12.9. The predicted molar refractivity (Wildman–Crippen MR) is 81.2 cm³/mol. The van der Waals surface area contributed by atoms with Crippen molar-refractivity contribution >= 4 is 5.78 Å². The van der Waals surface area contributed by atoms with Crippen LogP contribution < -0.4 is 0 Å². The van der Waals surface area contributed by atoms with Crippen molar-refractivity contribution in [2.24, 2.45) is 28.6 Å². The fourth-order valence-corrected chi connectivity index (χ4v) is 6.15. The molecule has 0 aromatic heterocycles. The highest BCUT2D eigenvalue weighted by Gasteiger charge is 2.57. The number of carbonyl (C=O) groups excluding carboxylic acids is 1. The van der Waals surface area contributed by atoms with Crippen LogP contribution in [-0.2, 0) is 4.79 Å². The number of hydrogen-bond donors (Lipinski definition) is 0. The van der Waals surface area contributed by atoms with Crippen molar-refractivity contribution in [2.45, 2.75) is 58.8 Å². The fraction of sp³-hybridized carbons (Fsp3) is 0.737. The van der Waals surface area contributed by atoms with E-state index in [9.17, 15) is 4.79 Å². The van der Waals surface area contributed by atoms with Crippen LogP contribution >= 0.6 is 0 Å². The second kappa shape index (κ2) is 4.08. The summed E-state index contributed by atoms with van der Waals surface area (Å²) in [5, 5.41) is 0. The van der Waals surface area contributed by atoms with Gasteiger partial charge in [-0.3, -0.25) is 4.79 Å². The van der Waals surface area contributed by atoms with Gasteiger partial charge in [-0.15, -0.1) is 0 Å². The van der Waals surface area contributed by atoms with Gasteiger partial charge < -0.3 is 0 Å². The summed E-state index contributed by atoms with van der Waals surface area (Å²) < 4.78 is 0. The Balaban J connectivity index is 1.72. The van der Waals surface area contributed by atoms with Gasteiger partial charge in [0.25, 0.3) is 0 Å². The minimum atomic E-state index is 0.376. The van der Waals surface area contributed by atoms with Crippen molar-refractivity contribution in [3.8, 4) is 0 Å². The minimum Gasteiger partial charge on any atom is -0.295 e. The van der Waals surface area contributed by atoms with Gasteiger partial charge >= 0.3 is 0 Å². The van der Waals surface area contributed by atoms with E-state index < -0.39 is 0 Å². The zero-order valence-electron chi connectivity index (χ0n) is 12.8. The lowest BCUT2D eigenvalue weighted by Crippen LogP contribution is -2.51. The molecule has 0 N–H and O–H groups in total. The fourth-order valence-electron chi connectivity index (χ4n) is 6.15. The largest absolute Gasteiger partial charge is 0.295 e. The molecule has 2 fully saturated rings. The molecule has 1 heteroatoms. The van der Waals surface area contributed by atoms with Crippen LogP contribution in [0.1, 0.15) is 58.8 Å². The SMILES string of the molecule is C[C@@]12CC=C[C@H]1[C@]1(C)CCC3=CC(=O)CC[C@@H]3[C@H]1CC2. The highest BCUT2D eigenvalue weighted by molar-refractivity contribution is 5.91. The Morgan fingerprint density at radius 3 is 2.85 bits per heavy atom. The molecule has 0 heterocycles. The van der Waals surface area contributed by atoms with Gasteiger partial charge in [-0.1, -0.05) is 31.6 Å². The average Bonchev–Trinajstić information content (AvgIpc) is 2.81. The van der Waals surface area contributed by atoms with E-state index in [1.54, 1.807) is 0 Å². The summed E-state index contributed by atoms with van der Waals surface area (Å²) in [6, 6.07) is 0. The maximum absolute atomic E-state index is 11.7. The van der Waals surface area contributed by atoms with Crippen LogP contribution in [0.25, 0.3) is 0 Å².